The number of nitrogens with zero attached hydrogens (tertiary/aromatic N) is 2. The third kappa shape index (κ3) is 4.46. The van der Waals surface area contributed by atoms with Crippen molar-refractivity contribution < 1.29 is 9.59 Å². The predicted molar refractivity (Wildman–Crippen MR) is 115 cm³/mol. The van der Waals surface area contributed by atoms with Crippen molar-refractivity contribution in [3.8, 4) is 0 Å². The third-order valence-electron chi connectivity index (χ3n) is 5.26. The van der Waals surface area contributed by atoms with Crippen LogP contribution in [0.4, 0.5) is 5.82 Å². The summed E-state index contributed by atoms with van der Waals surface area (Å²) in [7, 11) is 0. The molecule has 152 valence electrons. The van der Waals surface area contributed by atoms with Crippen LogP contribution >= 0.6 is 0 Å². The lowest BCUT2D eigenvalue weighted by Crippen LogP contribution is -2.44. The Balaban J connectivity index is 1.40. The number of carbonyl (C=O) groups excluding carboxylic acids is 2. The van der Waals surface area contributed by atoms with Gasteiger partial charge in [0.25, 0.3) is 0 Å². The molecule has 0 radical (unpaired) electrons. The van der Waals surface area contributed by atoms with Gasteiger partial charge in [-0.05, 0) is 30.5 Å². The molecule has 0 bridgehead atoms. The van der Waals surface area contributed by atoms with Crippen molar-refractivity contribution in [3.05, 3.63) is 78.6 Å². The van der Waals surface area contributed by atoms with Crippen LogP contribution in [0.2, 0.25) is 0 Å². The van der Waals surface area contributed by atoms with Crippen LogP contribution < -0.4 is 16.2 Å². The van der Waals surface area contributed by atoms with Gasteiger partial charge in [0.15, 0.2) is 5.82 Å². The molecule has 7 nitrogen and oxygen atoms in total. The van der Waals surface area contributed by atoms with Crippen LogP contribution in [-0.2, 0) is 16.1 Å². The molecule has 1 aliphatic rings. The molecule has 4 rings (SSSR count). The van der Waals surface area contributed by atoms with E-state index in [0.717, 1.165) is 16.5 Å². The van der Waals surface area contributed by atoms with Crippen LogP contribution in [0.5, 0.6) is 0 Å². The average molecular weight is 401 g/mol. The number of carbonyl (C=O) groups is 2. The molecule has 1 aliphatic carbocycles. The highest BCUT2D eigenvalue weighted by molar-refractivity contribution is 5.91. The second kappa shape index (κ2) is 9.17. The number of amides is 2. The lowest BCUT2D eigenvalue weighted by atomic mass is 9.82. The molecule has 0 aliphatic heterocycles. The van der Waals surface area contributed by atoms with E-state index in [-0.39, 0.29) is 11.8 Å². The zero-order chi connectivity index (χ0) is 20.8. The molecule has 3 aromatic rings. The predicted octanol–water partition coefficient (Wildman–Crippen LogP) is 2.97. The Hall–Kier alpha value is -3.74. The number of hydrazine groups is 1. The van der Waals surface area contributed by atoms with Crippen molar-refractivity contribution in [2.75, 3.05) is 5.43 Å². The summed E-state index contributed by atoms with van der Waals surface area (Å²) in [6, 6.07) is 17.3. The summed E-state index contributed by atoms with van der Waals surface area (Å²) in [6.07, 6.45) is 6.41. The number of hydrogen-bond donors (Lipinski definition) is 3. The Bertz CT molecular complexity index is 1060. The van der Waals surface area contributed by atoms with E-state index < -0.39 is 11.8 Å². The molecule has 0 fully saturated rings. The summed E-state index contributed by atoms with van der Waals surface area (Å²) in [4.78, 5) is 34.1. The minimum absolute atomic E-state index is 0.115. The van der Waals surface area contributed by atoms with Crippen LogP contribution in [0.1, 0.15) is 18.4 Å². The van der Waals surface area contributed by atoms with Gasteiger partial charge >= 0.3 is 0 Å². The van der Waals surface area contributed by atoms with E-state index in [9.17, 15) is 9.59 Å². The maximum absolute atomic E-state index is 12.9. The number of para-hydroxylation sites is 1. The van der Waals surface area contributed by atoms with Gasteiger partial charge in [-0.2, -0.15) is 0 Å². The van der Waals surface area contributed by atoms with Crippen LogP contribution in [0.15, 0.2) is 73.1 Å². The SMILES string of the molecule is O=C(NCc1ccccc1)C1CC=CCC1C(=O)NNc1ncnc2ccccc12. The number of rotatable bonds is 6. The van der Waals surface area contributed by atoms with E-state index in [1.165, 1.54) is 6.33 Å². The smallest absolute Gasteiger partial charge is 0.242 e. The third-order valence-corrected chi connectivity index (χ3v) is 5.26. The second-order valence-corrected chi connectivity index (χ2v) is 7.21. The highest BCUT2D eigenvalue weighted by Gasteiger charge is 2.34. The van der Waals surface area contributed by atoms with Gasteiger partial charge in [-0.25, -0.2) is 9.97 Å². The summed E-state index contributed by atoms with van der Waals surface area (Å²) in [5.74, 6) is -0.697. The molecule has 0 spiro atoms. The lowest BCUT2D eigenvalue weighted by Gasteiger charge is -2.27. The first-order valence-corrected chi connectivity index (χ1v) is 9.94. The number of allylic oxidation sites excluding steroid dienone is 2. The minimum Gasteiger partial charge on any atom is -0.352 e. The average Bonchev–Trinajstić information content (AvgIpc) is 2.81. The number of nitrogens with one attached hydrogen (secondary N) is 3. The van der Waals surface area contributed by atoms with Gasteiger partial charge in [-0.15, -0.1) is 0 Å². The summed E-state index contributed by atoms with van der Waals surface area (Å²) < 4.78 is 0. The van der Waals surface area contributed by atoms with Crippen LogP contribution in [0.25, 0.3) is 10.9 Å². The first-order valence-electron chi connectivity index (χ1n) is 9.94. The Morgan fingerprint density at radius 1 is 0.867 bits per heavy atom. The Kier molecular flexibility index (Phi) is 5.98. The van der Waals surface area contributed by atoms with Crippen LogP contribution in [0.3, 0.4) is 0 Å². The first-order chi connectivity index (χ1) is 14.7. The van der Waals surface area contributed by atoms with E-state index in [1.807, 2.05) is 66.7 Å². The molecule has 0 saturated heterocycles. The lowest BCUT2D eigenvalue weighted by molar-refractivity contribution is -0.134. The van der Waals surface area contributed by atoms with Crippen molar-refractivity contribution in [3.63, 3.8) is 0 Å². The van der Waals surface area contributed by atoms with Gasteiger partial charge in [-0.3, -0.25) is 20.4 Å². The van der Waals surface area contributed by atoms with Gasteiger partial charge in [0, 0.05) is 11.9 Å². The van der Waals surface area contributed by atoms with Crippen LogP contribution in [-0.4, -0.2) is 21.8 Å². The topological polar surface area (TPSA) is 96.0 Å². The van der Waals surface area contributed by atoms with Crippen molar-refractivity contribution in [2.45, 2.75) is 19.4 Å². The quantitative estimate of drug-likeness (QED) is 0.436. The highest BCUT2D eigenvalue weighted by Crippen LogP contribution is 2.26. The fourth-order valence-corrected chi connectivity index (χ4v) is 3.63. The van der Waals surface area contributed by atoms with Crippen molar-refractivity contribution in [2.24, 2.45) is 11.8 Å². The van der Waals surface area contributed by atoms with Crippen molar-refractivity contribution >= 4 is 28.5 Å². The molecule has 2 aromatic carbocycles. The Morgan fingerprint density at radius 3 is 2.37 bits per heavy atom. The first kappa shape index (κ1) is 19.6. The van der Waals surface area contributed by atoms with Gasteiger partial charge in [-0.1, -0.05) is 54.6 Å². The molecular formula is C23H23N5O2. The normalized spacial score (nSPS) is 18.0. The van der Waals surface area contributed by atoms with Gasteiger partial charge in [0.1, 0.15) is 6.33 Å². The molecule has 30 heavy (non-hydrogen) atoms. The molecule has 1 aromatic heterocycles. The molecule has 2 atom stereocenters. The highest BCUT2D eigenvalue weighted by atomic mass is 16.2. The summed E-state index contributed by atoms with van der Waals surface area (Å²) in [6.45, 7) is 0.444. The number of aromatic nitrogens is 2. The fourth-order valence-electron chi connectivity index (χ4n) is 3.63. The molecule has 7 heteroatoms. The van der Waals surface area contributed by atoms with Gasteiger partial charge in [0.2, 0.25) is 11.8 Å². The van der Waals surface area contributed by atoms with E-state index in [1.54, 1.807) is 0 Å². The zero-order valence-corrected chi connectivity index (χ0v) is 16.4. The van der Waals surface area contributed by atoms with E-state index >= 15 is 0 Å². The number of anilines is 1. The fraction of sp³-hybridized carbons (Fsp3) is 0.217. The summed E-state index contributed by atoms with van der Waals surface area (Å²) in [5.41, 5.74) is 7.43. The van der Waals surface area contributed by atoms with Gasteiger partial charge < -0.3 is 5.32 Å². The van der Waals surface area contributed by atoms with E-state index in [0.29, 0.717) is 25.2 Å². The Labute approximate surface area is 174 Å². The standard InChI is InChI=1S/C23H23N5O2/c29-22(24-14-16-8-2-1-3-9-16)17-10-4-5-11-18(17)23(30)28-27-21-19-12-6-7-13-20(19)25-15-26-21/h1-9,12-13,15,17-18H,10-11,14H2,(H,24,29)(H,28,30)(H,25,26,27). The number of hydrogen-bond acceptors (Lipinski definition) is 5. The number of benzene rings is 2. The van der Waals surface area contributed by atoms with E-state index in [4.69, 9.17) is 0 Å². The molecule has 3 N–H and O–H groups in total. The molecule has 0 saturated carbocycles. The molecular weight excluding hydrogens is 378 g/mol. The van der Waals surface area contributed by atoms with Crippen molar-refractivity contribution in [1.82, 2.24) is 20.7 Å². The maximum Gasteiger partial charge on any atom is 0.242 e. The van der Waals surface area contributed by atoms with Gasteiger partial charge in [0.05, 0.1) is 17.4 Å². The Morgan fingerprint density at radius 2 is 1.57 bits per heavy atom. The molecule has 2 unspecified atom stereocenters. The number of fused-ring (bicyclic) bond motifs is 1. The minimum atomic E-state index is -0.452. The zero-order valence-electron chi connectivity index (χ0n) is 16.4. The maximum atomic E-state index is 12.9. The molecule has 2 amide bonds. The monoisotopic (exact) mass is 401 g/mol. The summed E-state index contributed by atoms with van der Waals surface area (Å²) >= 11 is 0. The molecule has 1 heterocycles. The van der Waals surface area contributed by atoms with Crippen LogP contribution in [0, 0.1) is 11.8 Å². The van der Waals surface area contributed by atoms with Crippen molar-refractivity contribution in [1.29, 1.82) is 0 Å². The second-order valence-electron chi connectivity index (χ2n) is 7.21. The van der Waals surface area contributed by atoms with E-state index in [2.05, 4.69) is 26.1 Å². The summed E-state index contributed by atoms with van der Waals surface area (Å²) in [5, 5.41) is 3.76. The largest absolute Gasteiger partial charge is 0.352 e.